The summed E-state index contributed by atoms with van der Waals surface area (Å²) in [5.74, 6) is 0.690. The Balaban J connectivity index is 2.40. The van der Waals surface area contributed by atoms with Crippen molar-refractivity contribution < 1.29 is 13.2 Å². The smallest absolute Gasteiger partial charge is 0.243 e. The van der Waals surface area contributed by atoms with Gasteiger partial charge in [-0.2, -0.15) is 4.31 Å². The van der Waals surface area contributed by atoms with Gasteiger partial charge in [-0.05, 0) is 57.0 Å². The number of hydrogen-bond acceptors (Lipinski definition) is 4. The SMILES string of the molecule is CN[C@H]1CCCN(S(=O)(=O)c2c(C)cc(OC)cc2C)C1. The molecule has 1 aromatic rings. The van der Waals surface area contributed by atoms with E-state index >= 15 is 0 Å². The van der Waals surface area contributed by atoms with Crippen molar-refractivity contribution in [3.63, 3.8) is 0 Å². The van der Waals surface area contributed by atoms with Gasteiger partial charge in [-0.1, -0.05) is 0 Å². The van der Waals surface area contributed by atoms with Crippen molar-refractivity contribution in [1.29, 1.82) is 0 Å². The molecule has 0 aliphatic carbocycles. The third-order valence-corrected chi connectivity index (χ3v) is 6.23. The van der Waals surface area contributed by atoms with E-state index in [1.165, 1.54) is 0 Å². The number of methoxy groups -OCH3 is 1. The van der Waals surface area contributed by atoms with E-state index in [1.807, 2.05) is 20.9 Å². The van der Waals surface area contributed by atoms with Gasteiger partial charge in [-0.25, -0.2) is 8.42 Å². The predicted molar refractivity (Wildman–Crippen MR) is 83.3 cm³/mol. The molecule has 1 aromatic carbocycles. The molecule has 0 aromatic heterocycles. The number of nitrogens with zero attached hydrogens (tertiary/aromatic N) is 1. The van der Waals surface area contributed by atoms with Crippen LogP contribution in [0.2, 0.25) is 0 Å². The largest absolute Gasteiger partial charge is 0.497 e. The highest BCUT2D eigenvalue weighted by molar-refractivity contribution is 7.89. The second kappa shape index (κ2) is 6.34. The zero-order valence-corrected chi connectivity index (χ0v) is 14.0. The average Bonchev–Trinajstić information content (AvgIpc) is 2.46. The summed E-state index contributed by atoms with van der Waals surface area (Å²) in [6.45, 7) is 4.76. The van der Waals surface area contributed by atoms with E-state index in [0.29, 0.717) is 23.7 Å². The molecular formula is C15H24N2O3S. The van der Waals surface area contributed by atoms with Gasteiger partial charge in [0.2, 0.25) is 10.0 Å². The number of aryl methyl sites for hydroxylation is 2. The molecule has 0 spiro atoms. The highest BCUT2D eigenvalue weighted by Crippen LogP contribution is 2.29. The van der Waals surface area contributed by atoms with Crippen LogP contribution in [0.5, 0.6) is 5.75 Å². The van der Waals surface area contributed by atoms with Crippen LogP contribution in [0.1, 0.15) is 24.0 Å². The topological polar surface area (TPSA) is 58.6 Å². The Morgan fingerprint density at radius 3 is 2.43 bits per heavy atom. The summed E-state index contributed by atoms with van der Waals surface area (Å²) in [6, 6.07) is 3.78. The van der Waals surface area contributed by atoms with Gasteiger partial charge in [0.15, 0.2) is 0 Å². The van der Waals surface area contributed by atoms with E-state index in [4.69, 9.17) is 4.74 Å². The van der Waals surface area contributed by atoms with Crippen LogP contribution in [-0.4, -0.2) is 46.0 Å². The molecule has 1 aliphatic heterocycles. The fraction of sp³-hybridized carbons (Fsp3) is 0.600. The summed E-state index contributed by atoms with van der Waals surface area (Å²) in [5, 5.41) is 3.18. The van der Waals surface area contributed by atoms with Gasteiger partial charge >= 0.3 is 0 Å². The van der Waals surface area contributed by atoms with E-state index in [1.54, 1.807) is 23.5 Å². The molecule has 1 heterocycles. The Morgan fingerprint density at radius 1 is 1.29 bits per heavy atom. The van der Waals surface area contributed by atoms with Crippen LogP contribution in [0.25, 0.3) is 0 Å². The van der Waals surface area contributed by atoms with E-state index in [-0.39, 0.29) is 6.04 Å². The van der Waals surface area contributed by atoms with Crippen LogP contribution < -0.4 is 10.1 Å². The number of hydrogen-bond donors (Lipinski definition) is 1. The maximum atomic E-state index is 12.9. The van der Waals surface area contributed by atoms with E-state index in [9.17, 15) is 8.42 Å². The molecule has 0 radical (unpaired) electrons. The zero-order valence-electron chi connectivity index (χ0n) is 13.1. The number of piperidine rings is 1. The summed E-state index contributed by atoms with van der Waals surface area (Å²) in [4.78, 5) is 0.417. The van der Waals surface area contributed by atoms with Gasteiger partial charge in [0.1, 0.15) is 5.75 Å². The highest BCUT2D eigenvalue weighted by Gasteiger charge is 2.31. The van der Waals surface area contributed by atoms with Crippen molar-refractivity contribution in [2.45, 2.75) is 37.6 Å². The van der Waals surface area contributed by atoms with Gasteiger partial charge in [0.25, 0.3) is 0 Å². The molecule has 1 aliphatic rings. The summed E-state index contributed by atoms with van der Waals surface area (Å²) < 4.78 is 32.7. The van der Waals surface area contributed by atoms with Gasteiger partial charge in [0, 0.05) is 19.1 Å². The molecule has 21 heavy (non-hydrogen) atoms. The quantitative estimate of drug-likeness (QED) is 0.919. The van der Waals surface area contributed by atoms with Crippen molar-refractivity contribution in [3.05, 3.63) is 23.3 Å². The Kier molecular flexibility index (Phi) is 4.91. The lowest BCUT2D eigenvalue weighted by Crippen LogP contribution is -2.47. The first-order valence-electron chi connectivity index (χ1n) is 7.22. The normalized spacial score (nSPS) is 20.5. The molecule has 0 saturated carbocycles. The van der Waals surface area contributed by atoms with Gasteiger partial charge < -0.3 is 10.1 Å². The molecule has 1 N–H and O–H groups in total. The Hall–Kier alpha value is -1.11. The lowest BCUT2D eigenvalue weighted by molar-refractivity contribution is 0.292. The number of rotatable bonds is 4. The molecule has 0 unspecified atom stereocenters. The van der Waals surface area contributed by atoms with Gasteiger partial charge in [0.05, 0.1) is 12.0 Å². The third kappa shape index (κ3) is 3.22. The molecule has 1 fully saturated rings. The zero-order chi connectivity index (χ0) is 15.6. The average molecular weight is 312 g/mol. The highest BCUT2D eigenvalue weighted by atomic mass is 32.2. The van der Waals surface area contributed by atoms with Crippen molar-refractivity contribution >= 4 is 10.0 Å². The number of ether oxygens (including phenoxy) is 1. The molecule has 1 atom stereocenters. The molecule has 6 heteroatoms. The van der Waals surface area contributed by atoms with Crippen molar-refractivity contribution in [2.24, 2.45) is 0 Å². The van der Waals surface area contributed by atoms with Crippen molar-refractivity contribution in [3.8, 4) is 5.75 Å². The summed E-state index contributed by atoms with van der Waals surface area (Å²) in [6.07, 6.45) is 1.90. The maximum Gasteiger partial charge on any atom is 0.243 e. The van der Waals surface area contributed by atoms with Crippen LogP contribution in [0, 0.1) is 13.8 Å². The number of benzene rings is 1. The monoisotopic (exact) mass is 312 g/mol. The van der Waals surface area contributed by atoms with Crippen LogP contribution in [0.3, 0.4) is 0 Å². The Morgan fingerprint density at radius 2 is 1.90 bits per heavy atom. The molecule has 0 bridgehead atoms. The van der Waals surface area contributed by atoms with Crippen LogP contribution in [0.4, 0.5) is 0 Å². The number of sulfonamides is 1. The third-order valence-electron chi connectivity index (χ3n) is 4.06. The van der Waals surface area contributed by atoms with E-state index in [2.05, 4.69) is 5.32 Å². The van der Waals surface area contributed by atoms with E-state index < -0.39 is 10.0 Å². The summed E-state index contributed by atoms with van der Waals surface area (Å²) >= 11 is 0. The van der Waals surface area contributed by atoms with Crippen LogP contribution in [0.15, 0.2) is 17.0 Å². The first-order chi connectivity index (χ1) is 9.90. The number of likely N-dealkylation sites (N-methyl/N-ethyl adjacent to an activating group) is 1. The Labute approximate surface area is 127 Å². The van der Waals surface area contributed by atoms with E-state index in [0.717, 1.165) is 24.0 Å². The molecule has 1 saturated heterocycles. The minimum absolute atomic E-state index is 0.229. The minimum atomic E-state index is -3.45. The second-order valence-electron chi connectivity index (χ2n) is 5.58. The molecule has 2 rings (SSSR count). The standard InChI is InChI=1S/C15H24N2O3S/c1-11-8-14(20-4)9-12(2)15(11)21(18,19)17-7-5-6-13(10-17)16-3/h8-9,13,16H,5-7,10H2,1-4H3/t13-/m0/s1. The second-order valence-corrected chi connectivity index (χ2v) is 7.46. The summed E-state index contributed by atoms with van der Waals surface area (Å²) in [5.41, 5.74) is 1.47. The van der Waals surface area contributed by atoms with Gasteiger partial charge in [-0.15, -0.1) is 0 Å². The van der Waals surface area contributed by atoms with Crippen LogP contribution >= 0.6 is 0 Å². The fourth-order valence-corrected chi connectivity index (χ4v) is 4.90. The minimum Gasteiger partial charge on any atom is -0.497 e. The van der Waals surface area contributed by atoms with Gasteiger partial charge in [-0.3, -0.25) is 0 Å². The maximum absolute atomic E-state index is 12.9. The Bertz CT molecular complexity index is 590. The predicted octanol–water partition coefficient (Wildman–Crippen LogP) is 1.68. The first kappa shape index (κ1) is 16.3. The molecule has 0 amide bonds. The molecular weight excluding hydrogens is 288 g/mol. The fourth-order valence-electron chi connectivity index (χ4n) is 2.96. The van der Waals surface area contributed by atoms with Crippen LogP contribution in [-0.2, 0) is 10.0 Å². The lowest BCUT2D eigenvalue weighted by atomic mass is 10.1. The summed E-state index contributed by atoms with van der Waals surface area (Å²) in [7, 11) is 0.0139. The lowest BCUT2D eigenvalue weighted by Gasteiger charge is -2.32. The number of nitrogens with one attached hydrogen (secondary N) is 1. The first-order valence-corrected chi connectivity index (χ1v) is 8.66. The molecule has 5 nitrogen and oxygen atoms in total. The van der Waals surface area contributed by atoms with Crippen molar-refractivity contribution in [1.82, 2.24) is 9.62 Å². The molecule has 118 valence electrons. The van der Waals surface area contributed by atoms with Crippen molar-refractivity contribution in [2.75, 3.05) is 27.2 Å².